The highest BCUT2D eigenvalue weighted by Gasteiger charge is 2.53. The summed E-state index contributed by atoms with van der Waals surface area (Å²) in [5, 5.41) is 0. The lowest BCUT2D eigenvalue weighted by Crippen LogP contribution is -2.45. The lowest BCUT2D eigenvalue weighted by atomic mass is 9.79. The van der Waals surface area contributed by atoms with Crippen LogP contribution >= 0.6 is 0 Å². The minimum atomic E-state index is 0.287. The molecular formula is C19H27NO. The third-order valence-electron chi connectivity index (χ3n) is 5.93. The predicted molar refractivity (Wildman–Crippen MR) is 85.1 cm³/mol. The Kier molecular flexibility index (Phi) is 3.76. The maximum Gasteiger partial charge on any atom is 0.0968 e. The van der Waals surface area contributed by atoms with Gasteiger partial charge in [-0.3, -0.25) is 4.90 Å². The first kappa shape index (κ1) is 13.8. The van der Waals surface area contributed by atoms with Gasteiger partial charge in [0.25, 0.3) is 0 Å². The van der Waals surface area contributed by atoms with Crippen molar-refractivity contribution in [2.24, 2.45) is 11.8 Å². The maximum atomic E-state index is 5.93. The Balaban J connectivity index is 1.39. The fraction of sp³-hybridized carbons (Fsp3) is 0.684. The van der Waals surface area contributed by atoms with Crippen molar-refractivity contribution >= 4 is 0 Å². The lowest BCUT2D eigenvalue weighted by molar-refractivity contribution is 0.0654. The standard InChI is InChI=1S/C19H27NO/c1-2-8-17(9-3-1)13-20-11-10-19(15-21-19)18(14-20)12-16-6-4-5-7-16/h1-3,8-9,16,18H,4-7,10-15H2. The van der Waals surface area contributed by atoms with Crippen molar-refractivity contribution < 1.29 is 4.74 Å². The summed E-state index contributed by atoms with van der Waals surface area (Å²) >= 11 is 0. The van der Waals surface area contributed by atoms with E-state index in [-0.39, 0.29) is 5.60 Å². The van der Waals surface area contributed by atoms with Crippen molar-refractivity contribution in [2.45, 2.75) is 50.7 Å². The quantitative estimate of drug-likeness (QED) is 0.781. The summed E-state index contributed by atoms with van der Waals surface area (Å²) in [6, 6.07) is 10.9. The number of epoxide rings is 1. The average molecular weight is 285 g/mol. The van der Waals surface area contributed by atoms with E-state index in [0.29, 0.717) is 0 Å². The zero-order valence-corrected chi connectivity index (χ0v) is 13.0. The van der Waals surface area contributed by atoms with E-state index in [9.17, 15) is 0 Å². The van der Waals surface area contributed by atoms with Crippen LogP contribution in [0, 0.1) is 11.8 Å². The zero-order valence-electron chi connectivity index (χ0n) is 13.0. The molecule has 1 aliphatic carbocycles. The van der Waals surface area contributed by atoms with Gasteiger partial charge in [-0.2, -0.15) is 0 Å². The van der Waals surface area contributed by atoms with Crippen LogP contribution in [0.15, 0.2) is 30.3 Å². The van der Waals surface area contributed by atoms with Gasteiger partial charge in [0.2, 0.25) is 0 Å². The molecule has 0 N–H and O–H groups in total. The van der Waals surface area contributed by atoms with Crippen LogP contribution in [0.4, 0.5) is 0 Å². The van der Waals surface area contributed by atoms with E-state index in [4.69, 9.17) is 4.74 Å². The first-order valence-corrected chi connectivity index (χ1v) is 8.74. The van der Waals surface area contributed by atoms with Crippen molar-refractivity contribution in [3.05, 3.63) is 35.9 Å². The zero-order chi connectivity index (χ0) is 14.1. The predicted octanol–water partition coefficient (Wildman–Crippen LogP) is 3.86. The van der Waals surface area contributed by atoms with Crippen molar-refractivity contribution in [3.63, 3.8) is 0 Å². The monoisotopic (exact) mass is 285 g/mol. The molecule has 1 aromatic rings. The number of ether oxygens (including phenoxy) is 1. The second-order valence-electron chi connectivity index (χ2n) is 7.41. The second kappa shape index (κ2) is 5.73. The van der Waals surface area contributed by atoms with Gasteiger partial charge in [0.05, 0.1) is 12.2 Å². The van der Waals surface area contributed by atoms with Crippen LogP contribution in [-0.2, 0) is 11.3 Å². The molecule has 3 fully saturated rings. The second-order valence-corrected chi connectivity index (χ2v) is 7.41. The number of piperidine rings is 1. The highest BCUT2D eigenvalue weighted by atomic mass is 16.6. The average Bonchev–Trinajstić information content (AvgIpc) is 3.10. The molecule has 2 nitrogen and oxygen atoms in total. The SMILES string of the molecule is c1ccc(CN2CCC3(CO3)C(CC3CCCC3)C2)cc1. The summed E-state index contributed by atoms with van der Waals surface area (Å²) in [5.74, 6) is 1.76. The molecule has 1 spiro atoms. The fourth-order valence-electron chi connectivity index (χ4n) is 4.52. The molecule has 0 aromatic heterocycles. The molecule has 21 heavy (non-hydrogen) atoms. The Morgan fingerprint density at radius 3 is 2.62 bits per heavy atom. The first-order chi connectivity index (χ1) is 10.3. The molecule has 2 saturated heterocycles. The summed E-state index contributed by atoms with van der Waals surface area (Å²) in [4.78, 5) is 2.65. The Bertz CT molecular complexity index is 462. The Labute approximate surface area is 128 Å². The number of benzene rings is 1. The van der Waals surface area contributed by atoms with Crippen LogP contribution in [0.3, 0.4) is 0 Å². The molecule has 1 saturated carbocycles. The topological polar surface area (TPSA) is 15.8 Å². The lowest BCUT2D eigenvalue weighted by Gasteiger charge is -2.38. The number of nitrogens with zero attached hydrogens (tertiary/aromatic N) is 1. The summed E-state index contributed by atoms with van der Waals surface area (Å²) < 4.78 is 5.93. The molecule has 2 atom stereocenters. The molecule has 2 heteroatoms. The summed E-state index contributed by atoms with van der Waals surface area (Å²) in [6.45, 7) is 4.59. The summed E-state index contributed by atoms with van der Waals surface area (Å²) in [7, 11) is 0. The van der Waals surface area contributed by atoms with E-state index < -0.39 is 0 Å². The molecule has 3 aliphatic rings. The minimum Gasteiger partial charge on any atom is -0.369 e. The molecule has 2 heterocycles. The largest absolute Gasteiger partial charge is 0.369 e. The highest BCUT2D eigenvalue weighted by molar-refractivity contribution is 5.15. The minimum absolute atomic E-state index is 0.287. The Hall–Kier alpha value is -0.860. The number of rotatable bonds is 4. The molecule has 0 bridgehead atoms. The van der Waals surface area contributed by atoms with Gasteiger partial charge in [-0.25, -0.2) is 0 Å². The third kappa shape index (κ3) is 3.02. The Morgan fingerprint density at radius 1 is 1.14 bits per heavy atom. The van der Waals surface area contributed by atoms with Crippen LogP contribution in [0.1, 0.15) is 44.1 Å². The molecule has 114 valence electrons. The first-order valence-electron chi connectivity index (χ1n) is 8.74. The van der Waals surface area contributed by atoms with Gasteiger partial charge in [-0.1, -0.05) is 56.0 Å². The van der Waals surface area contributed by atoms with Gasteiger partial charge in [0, 0.05) is 25.6 Å². The normalized spacial score (nSPS) is 33.6. The van der Waals surface area contributed by atoms with Gasteiger partial charge in [0.15, 0.2) is 0 Å². The summed E-state index contributed by atoms with van der Waals surface area (Å²) in [5.41, 5.74) is 1.74. The van der Waals surface area contributed by atoms with Crippen LogP contribution in [0.2, 0.25) is 0 Å². The van der Waals surface area contributed by atoms with E-state index in [0.717, 1.165) is 25.0 Å². The highest BCUT2D eigenvalue weighted by Crippen LogP contribution is 2.46. The molecule has 0 amide bonds. The third-order valence-corrected chi connectivity index (χ3v) is 5.93. The van der Waals surface area contributed by atoms with Crippen molar-refractivity contribution in [2.75, 3.05) is 19.7 Å². The van der Waals surface area contributed by atoms with Crippen molar-refractivity contribution in [1.29, 1.82) is 0 Å². The van der Waals surface area contributed by atoms with Crippen molar-refractivity contribution in [1.82, 2.24) is 4.90 Å². The van der Waals surface area contributed by atoms with Crippen LogP contribution in [0.25, 0.3) is 0 Å². The van der Waals surface area contributed by atoms with Gasteiger partial charge in [-0.15, -0.1) is 0 Å². The van der Waals surface area contributed by atoms with Crippen LogP contribution in [-0.4, -0.2) is 30.2 Å². The number of likely N-dealkylation sites (tertiary alicyclic amines) is 1. The van der Waals surface area contributed by atoms with E-state index in [1.807, 2.05) is 0 Å². The van der Waals surface area contributed by atoms with Crippen LogP contribution in [0.5, 0.6) is 0 Å². The molecular weight excluding hydrogens is 258 g/mol. The summed E-state index contributed by atoms with van der Waals surface area (Å²) in [6.07, 6.45) is 8.50. The van der Waals surface area contributed by atoms with E-state index >= 15 is 0 Å². The van der Waals surface area contributed by atoms with E-state index in [1.54, 1.807) is 0 Å². The molecule has 2 aliphatic heterocycles. The molecule has 4 rings (SSSR count). The van der Waals surface area contributed by atoms with Crippen molar-refractivity contribution in [3.8, 4) is 0 Å². The maximum absolute atomic E-state index is 5.93. The van der Waals surface area contributed by atoms with E-state index in [2.05, 4.69) is 35.2 Å². The Morgan fingerprint density at radius 2 is 1.90 bits per heavy atom. The van der Waals surface area contributed by atoms with E-state index in [1.165, 1.54) is 57.2 Å². The van der Waals surface area contributed by atoms with Crippen LogP contribution < -0.4 is 0 Å². The fourth-order valence-corrected chi connectivity index (χ4v) is 4.52. The smallest absolute Gasteiger partial charge is 0.0968 e. The molecule has 1 aromatic carbocycles. The van der Waals surface area contributed by atoms with Gasteiger partial charge in [-0.05, 0) is 24.3 Å². The van der Waals surface area contributed by atoms with Gasteiger partial charge in [0.1, 0.15) is 0 Å². The number of hydrogen-bond donors (Lipinski definition) is 0. The molecule has 0 radical (unpaired) electrons. The number of hydrogen-bond acceptors (Lipinski definition) is 2. The van der Waals surface area contributed by atoms with Gasteiger partial charge >= 0.3 is 0 Å². The van der Waals surface area contributed by atoms with Gasteiger partial charge < -0.3 is 4.74 Å². The molecule has 2 unspecified atom stereocenters.